The smallest absolute Gasteiger partial charge is 0.0511 e. The third kappa shape index (κ3) is 4.32. The Morgan fingerprint density at radius 3 is 2.68 bits per heavy atom. The lowest BCUT2D eigenvalue weighted by Crippen LogP contribution is -2.23. The summed E-state index contributed by atoms with van der Waals surface area (Å²) >= 11 is 1.85. The zero-order chi connectivity index (χ0) is 14.3. The second-order valence-corrected chi connectivity index (χ2v) is 5.35. The van der Waals surface area contributed by atoms with Gasteiger partial charge in [0.25, 0.3) is 0 Å². The van der Waals surface area contributed by atoms with Crippen LogP contribution in [0.5, 0.6) is 0 Å². The van der Waals surface area contributed by atoms with E-state index >= 15 is 0 Å². The van der Waals surface area contributed by atoms with Gasteiger partial charge in [0.1, 0.15) is 0 Å². The van der Waals surface area contributed by atoms with Crippen LogP contribution in [0.1, 0.15) is 19.4 Å². The van der Waals surface area contributed by atoms with Gasteiger partial charge >= 0.3 is 0 Å². The van der Waals surface area contributed by atoms with Crippen LogP contribution < -0.4 is 4.90 Å². The second-order valence-electron chi connectivity index (χ2n) is 4.18. The van der Waals surface area contributed by atoms with Crippen LogP contribution in [-0.4, -0.2) is 13.6 Å². The van der Waals surface area contributed by atoms with E-state index in [1.54, 1.807) is 6.08 Å². The summed E-state index contributed by atoms with van der Waals surface area (Å²) in [5.74, 6) is 0. The van der Waals surface area contributed by atoms with Crippen LogP contribution in [0.15, 0.2) is 58.9 Å². The highest BCUT2D eigenvalue weighted by Crippen LogP contribution is 2.40. The number of hydrogen-bond acceptors (Lipinski definition) is 2. The fourth-order valence-electron chi connectivity index (χ4n) is 1.83. The van der Waals surface area contributed by atoms with Gasteiger partial charge in [0, 0.05) is 23.4 Å². The maximum Gasteiger partial charge on any atom is 0.0511 e. The van der Waals surface area contributed by atoms with Gasteiger partial charge < -0.3 is 4.90 Å². The summed E-state index contributed by atoms with van der Waals surface area (Å²) in [7, 11) is 2.14. The molecule has 1 aromatic rings. The largest absolute Gasteiger partial charge is 0.369 e. The Hall–Kier alpha value is -1.41. The summed E-state index contributed by atoms with van der Waals surface area (Å²) in [5.41, 5.74) is 2.65. The highest BCUT2D eigenvalue weighted by molar-refractivity contribution is 8.03. The Bertz CT molecular complexity index is 486. The molecule has 19 heavy (non-hydrogen) atoms. The molecular weight excluding hydrogens is 250 g/mol. The van der Waals surface area contributed by atoms with Crippen molar-refractivity contribution in [3.05, 3.63) is 59.6 Å². The van der Waals surface area contributed by atoms with E-state index in [1.165, 1.54) is 21.1 Å². The van der Waals surface area contributed by atoms with Crippen LogP contribution in [0.3, 0.4) is 0 Å². The molecule has 1 aromatic carbocycles. The summed E-state index contributed by atoms with van der Waals surface area (Å²) in [6.45, 7) is 10.8. The van der Waals surface area contributed by atoms with Gasteiger partial charge in [-0.25, -0.2) is 0 Å². The molecule has 0 unspecified atom stereocenters. The molecule has 2 heteroatoms. The third-order valence-electron chi connectivity index (χ3n) is 2.69. The fraction of sp³-hybridized carbons (Fsp3) is 0.294. The Morgan fingerprint density at radius 2 is 2.00 bits per heavy atom. The molecule has 2 rings (SSSR count). The van der Waals surface area contributed by atoms with Crippen molar-refractivity contribution in [3.63, 3.8) is 0 Å². The number of benzene rings is 1. The van der Waals surface area contributed by atoms with Crippen LogP contribution in [-0.2, 0) is 0 Å². The molecule has 1 heterocycles. The maximum atomic E-state index is 3.67. The summed E-state index contributed by atoms with van der Waals surface area (Å²) in [4.78, 5) is 5.00. The van der Waals surface area contributed by atoms with Crippen molar-refractivity contribution >= 4 is 17.4 Å². The lowest BCUT2D eigenvalue weighted by Gasteiger charge is -2.29. The standard InChI is InChI=1S/C15H17NS.C2H6/c1-4-5-6-7-13-11-16(3)14-10-12(2)8-9-15(14)17-13;1-2/h4-10H,1,11H2,2-3H3;1-2H3/b6-5-,13-7+;. The zero-order valence-electron chi connectivity index (χ0n) is 12.3. The highest BCUT2D eigenvalue weighted by atomic mass is 32.2. The van der Waals surface area contributed by atoms with Gasteiger partial charge in [-0.1, -0.05) is 62.6 Å². The number of thioether (sulfide) groups is 1. The summed E-state index contributed by atoms with van der Waals surface area (Å²) < 4.78 is 0. The molecule has 1 aliphatic heterocycles. The molecule has 0 spiro atoms. The van der Waals surface area contributed by atoms with E-state index in [2.05, 4.69) is 49.7 Å². The molecule has 0 aliphatic carbocycles. The maximum absolute atomic E-state index is 3.67. The van der Waals surface area contributed by atoms with Gasteiger partial charge in [-0.3, -0.25) is 0 Å². The van der Waals surface area contributed by atoms with Gasteiger partial charge in [-0.2, -0.15) is 0 Å². The van der Waals surface area contributed by atoms with Crippen LogP contribution in [0.4, 0.5) is 5.69 Å². The first-order valence-corrected chi connectivity index (χ1v) is 7.50. The van der Waals surface area contributed by atoms with E-state index in [9.17, 15) is 0 Å². The van der Waals surface area contributed by atoms with Crippen molar-refractivity contribution in [3.8, 4) is 0 Å². The second kappa shape index (κ2) is 7.90. The van der Waals surface area contributed by atoms with Gasteiger partial charge in [0.2, 0.25) is 0 Å². The van der Waals surface area contributed by atoms with Crippen molar-refractivity contribution in [2.24, 2.45) is 0 Å². The Morgan fingerprint density at radius 1 is 1.26 bits per heavy atom. The van der Waals surface area contributed by atoms with Crippen molar-refractivity contribution < 1.29 is 0 Å². The SMILES string of the molecule is C=C/C=C\C=C1/CN(C)c2cc(C)ccc2S1.CC. The molecule has 0 bridgehead atoms. The van der Waals surface area contributed by atoms with Crippen LogP contribution >= 0.6 is 11.8 Å². The van der Waals surface area contributed by atoms with Crippen LogP contribution in [0.2, 0.25) is 0 Å². The number of nitrogens with zero attached hydrogens (tertiary/aromatic N) is 1. The van der Waals surface area contributed by atoms with Gasteiger partial charge in [0.15, 0.2) is 0 Å². The Labute approximate surface area is 121 Å². The minimum atomic E-state index is 0.975. The molecule has 1 nitrogen and oxygen atoms in total. The number of aryl methyl sites for hydroxylation is 1. The number of fused-ring (bicyclic) bond motifs is 1. The summed E-state index contributed by atoms with van der Waals surface area (Å²) in [6, 6.07) is 6.62. The van der Waals surface area contributed by atoms with E-state index in [0.29, 0.717) is 0 Å². The quantitative estimate of drug-likeness (QED) is 0.682. The van der Waals surface area contributed by atoms with Crippen LogP contribution in [0.25, 0.3) is 0 Å². The van der Waals surface area contributed by atoms with E-state index in [0.717, 1.165) is 6.54 Å². The molecular formula is C17H23NS. The number of anilines is 1. The monoisotopic (exact) mass is 273 g/mol. The number of allylic oxidation sites excluding steroid dienone is 4. The van der Waals surface area contributed by atoms with Crippen molar-refractivity contribution in [2.45, 2.75) is 25.7 Å². The van der Waals surface area contributed by atoms with E-state index in [4.69, 9.17) is 0 Å². The first-order chi connectivity index (χ1) is 9.20. The van der Waals surface area contributed by atoms with Crippen LogP contribution in [0, 0.1) is 6.92 Å². The predicted molar refractivity (Wildman–Crippen MR) is 89.1 cm³/mol. The fourth-order valence-corrected chi connectivity index (χ4v) is 2.98. The molecule has 102 valence electrons. The molecule has 0 amide bonds. The molecule has 0 N–H and O–H groups in total. The van der Waals surface area contributed by atoms with E-state index in [1.807, 2.05) is 37.8 Å². The third-order valence-corrected chi connectivity index (χ3v) is 3.78. The first-order valence-electron chi connectivity index (χ1n) is 6.68. The minimum absolute atomic E-state index is 0.975. The molecule has 0 atom stereocenters. The van der Waals surface area contributed by atoms with Crippen molar-refractivity contribution in [1.29, 1.82) is 0 Å². The molecule has 1 aliphatic rings. The molecule has 0 saturated heterocycles. The topological polar surface area (TPSA) is 3.24 Å². The summed E-state index contributed by atoms with van der Waals surface area (Å²) in [6.07, 6.45) is 7.96. The van der Waals surface area contributed by atoms with Crippen molar-refractivity contribution in [2.75, 3.05) is 18.5 Å². The number of rotatable bonds is 2. The number of likely N-dealkylation sites (N-methyl/N-ethyl adjacent to an activating group) is 1. The molecule has 0 fully saturated rings. The van der Waals surface area contributed by atoms with Crippen molar-refractivity contribution in [1.82, 2.24) is 0 Å². The molecule has 0 saturated carbocycles. The van der Waals surface area contributed by atoms with E-state index < -0.39 is 0 Å². The first kappa shape index (κ1) is 15.6. The van der Waals surface area contributed by atoms with Gasteiger partial charge in [-0.15, -0.1) is 0 Å². The predicted octanol–water partition coefficient (Wildman–Crippen LogP) is 5.19. The minimum Gasteiger partial charge on any atom is -0.369 e. The zero-order valence-corrected chi connectivity index (χ0v) is 13.1. The Balaban J connectivity index is 0.000000861. The van der Waals surface area contributed by atoms with Gasteiger partial charge in [-0.05, 0) is 24.6 Å². The number of hydrogen-bond donors (Lipinski definition) is 0. The molecule has 0 aromatic heterocycles. The molecule has 0 radical (unpaired) electrons. The average Bonchev–Trinajstić information content (AvgIpc) is 2.42. The Kier molecular flexibility index (Phi) is 6.51. The lowest BCUT2D eigenvalue weighted by atomic mass is 10.2. The normalized spacial score (nSPS) is 16.0. The van der Waals surface area contributed by atoms with E-state index in [-0.39, 0.29) is 0 Å². The highest BCUT2D eigenvalue weighted by Gasteiger charge is 2.17. The van der Waals surface area contributed by atoms with Gasteiger partial charge in [0.05, 0.1) is 5.69 Å². The average molecular weight is 273 g/mol. The summed E-state index contributed by atoms with van der Waals surface area (Å²) in [5, 5.41) is 0. The lowest BCUT2D eigenvalue weighted by molar-refractivity contribution is 0.984.